The van der Waals surface area contributed by atoms with Crippen LogP contribution in [-0.4, -0.2) is 31.0 Å². The topological polar surface area (TPSA) is 41.6 Å². The number of rotatable bonds is 1. The zero-order chi connectivity index (χ0) is 10.1. The highest BCUT2D eigenvalue weighted by Gasteiger charge is 2.37. The molecule has 0 radical (unpaired) electrons. The molecule has 3 aliphatic carbocycles. The summed E-state index contributed by atoms with van der Waals surface area (Å²) in [5, 5.41) is 0. The van der Waals surface area contributed by atoms with E-state index in [4.69, 9.17) is 5.73 Å². The van der Waals surface area contributed by atoms with Gasteiger partial charge in [0.25, 0.3) is 0 Å². The lowest BCUT2D eigenvalue weighted by Crippen LogP contribution is -2.50. The first kappa shape index (κ1) is 9.81. The number of fused-ring (bicyclic) bond motifs is 3. The standard InChI is InChI=1S/C11H21N3/c1-13-11(12)14(2)10-7-8-3-5-9(10)6-4-8/h8-10H,3-7H2,1-2H3,(H2,12,13). The Morgan fingerprint density at radius 2 is 1.93 bits per heavy atom. The van der Waals surface area contributed by atoms with Gasteiger partial charge in [-0.1, -0.05) is 12.8 Å². The molecule has 1 unspecified atom stereocenters. The third kappa shape index (κ3) is 1.60. The highest BCUT2D eigenvalue weighted by molar-refractivity contribution is 5.78. The molecule has 1 atom stereocenters. The molecule has 3 saturated carbocycles. The summed E-state index contributed by atoms with van der Waals surface area (Å²) in [7, 11) is 3.86. The molecule has 0 aromatic heterocycles. The van der Waals surface area contributed by atoms with Crippen molar-refractivity contribution in [1.82, 2.24) is 4.90 Å². The van der Waals surface area contributed by atoms with Gasteiger partial charge in [0, 0.05) is 20.1 Å². The Bertz CT molecular complexity index is 229. The molecule has 0 saturated heterocycles. The predicted octanol–water partition coefficient (Wildman–Crippen LogP) is 1.44. The van der Waals surface area contributed by atoms with Crippen molar-refractivity contribution in [3.05, 3.63) is 0 Å². The first-order chi connectivity index (χ1) is 6.72. The summed E-state index contributed by atoms with van der Waals surface area (Å²) in [6.45, 7) is 0. The van der Waals surface area contributed by atoms with Crippen LogP contribution in [0.4, 0.5) is 0 Å². The van der Waals surface area contributed by atoms with E-state index >= 15 is 0 Å². The van der Waals surface area contributed by atoms with Crippen molar-refractivity contribution in [1.29, 1.82) is 0 Å². The van der Waals surface area contributed by atoms with Gasteiger partial charge in [0.1, 0.15) is 0 Å². The molecule has 0 aromatic carbocycles. The van der Waals surface area contributed by atoms with Crippen LogP contribution < -0.4 is 5.73 Å². The number of nitrogens with zero attached hydrogens (tertiary/aromatic N) is 2. The molecule has 0 spiro atoms. The molecule has 0 aliphatic heterocycles. The largest absolute Gasteiger partial charge is 0.370 e. The molecule has 3 fully saturated rings. The molecule has 3 rings (SSSR count). The average Bonchev–Trinajstić information content (AvgIpc) is 2.28. The Morgan fingerprint density at radius 1 is 1.29 bits per heavy atom. The average molecular weight is 195 g/mol. The van der Waals surface area contributed by atoms with Crippen molar-refractivity contribution >= 4 is 5.96 Å². The van der Waals surface area contributed by atoms with Crippen LogP contribution in [0, 0.1) is 11.8 Å². The summed E-state index contributed by atoms with van der Waals surface area (Å²) in [6.07, 6.45) is 7.01. The molecular formula is C11H21N3. The third-order valence-electron chi connectivity index (χ3n) is 4.10. The van der Waals surface area contributed by atoms with E-state index in [2.05, 4.69) is 16.9 Å². The van der Waals surface area contributed by atoms with Gasteiger partial charge in [-0.2, -0.15) is 0 Å². The maximum Gasteiger partial charge on any atom is 0.190 e. The zero-order valence-electron chi connectivity index (χ0n) is 9.24. The van der Waals surface area contributed by atoms with Gasteiger partial charge in [0.2, 0.25) is 0 Å². The number of hydrogen-bond acceptors (Lipinski definition) is 1. The number of aliphatic imine (C=N–C) groups is 1. The van der Waals surface area contributed by atoms with Crippen molar-refractivity contribution in [2.75, 3.05) is 14.1 Å². The van der Waals surface area contributed by atoms with E-state index < -0.39 is 0 Å². The van der Waals surface area contributed by atoms with Gasteiger partial charge in [0.05, 0.1) is 0 Å². The lowest BCUT2D eigenvalue weighted by molar-refractivity contribution is 0.0827. The highest BCUT2D eigenvalue weighted by atomic mass is 15.3. The van der Waals surface area contributed by atoms with Crippen LogP contribution in [-0.2, 0) is 0 Å². The van der Waals surface area contributed by atoms with E-state index in [1.165, 1.54) is 32.1 Å². The minimum Gasteiger partial charge on any atom is -0.370 e. The van der Waals surface area contributed by atoms with Gasteiger partial charge in [-0.25, -0.2) is 0 Å². The van der Waals surface area contributed by atoms with Gasteiger partial charge in [-0.15, -0.1) is 0 Å². The summed E-state index contributed by atoms with van der Waals surface area (Å²) in [4.78, 5) is 6.26. The normalized spacial score (nSPS) is 37.3. The Kier molecular flexibility index (Phi) is 2.66. The summed E-state index contributed by atoms with van der Waals surface area (Å²) in [5.74, 6) is 2.52. The molecule has 14 heavy (non-hydrogen) atoms. The Labute approximate surface area is 86.4 Å². The van der Waals surface area contributed by atoms with Gasteiger partial charge < -0.3 is 10.6 Å². The minimum absolute atomic E-state index is 0.659. The Hall–Kier alpha value is -0.730. The molecule has 3 heteroatoms. The molecule has 2 bridgehead atoms. The second kappa shape index (κ2) is 3.79. The van der Waals surface area contributed by atoms with Crippen LogP contribution >= 0.6 is 0 Å². The van der Waals surface area contributed by atoms with E-state index in [0.29, 0.717) is 12.0 Å². The molecule has 2 N–H and O–H groups in total. The summed E-state index contributed by atoms with van der Waals surface area (Å²) < 4.78 is 0. The quantitative estimate of drug-likeness (QED) is 0.508. The van der Waals surface area contributed by atoms with Gasteiger partial charge in [-0.05, 0) is 31.1 Å². The second-order valence-corrected chi connectivity index (χ2v) is 4.78. The fourth-order valence-electron chi connectivity index (χ4n) is 3.14. The van der Waals surface area contributed by atoms with Crippen LogP contribution in [0.3, 0.4) is 0 Å². The SMILES string of the molecule is CN=C(N)N(C)C1CC2CCC1CC2. The Balaban J connectivity index is 2.04. The molecule has 0 heterocycles. The monoisotopic (exact) mass is 195 g/mol. The maximum atomic E-state index is 5.86. The van der Waals surface area contributed by atoms with Crippen LogP contribution in [0.15, 0.2) is 4.99 Å². The fraction of sp³-hybridized carbons (Fsp3) is 0.909. The molecule has 0 amide bonds. The summed E-state index contributed by atoms with van der Waals surface area (Å²) in [6, 6.07) is 0.659. The van der Waals surface area contributed by atoms with E-state index in [-0.39, 0.29) is 0 Å². The van der Waals surface area contributed by atoms with Crippen LogP contribution in [0.1, 0.15) is 32.1 Å². The van der Waals surface area contributed by atoms with E-state index in [0.717, 1.165) is 11.8 Å². The molecule has 3 aliphatic rings. The van der Waals surface area contributed by atoms with Gasteiger partial charge in [0.15, 0.2) is 5.96 Å². The van der Waals surface area contributed by atoms with Crippen LogP contribution in [0.2, 0.25) is 0 Å². The number of hydrogen-bond donors (Lipinski definition) is 1. The van der Waals surface area contributed by atoms with Crippen molar-refractivity contribution in [3.8, 4) is 0 Å². The van der Waals surface area contributed by atoms with Gasteiger partial charge >= 0.3 is 0 Å². The van der Waals surface area contributed by atoms with Crippen LogP contribution in [0.25, 0.3) is 0 Å². The summed E-state index contributed by atoms with van der Waals surface area (Å²) in [5.41, 5.74) is 5.86. The fourth-order valence-corrected chi connectivity index (χ4v) is 3.14. The first-order valence-corrected chi connectivity index (χ1v) is 5.67. The second-order valence-electron chi connectivity index (χ2n) is 4.78. The van der Waals surface area contributed by atoms with Crippen molar-refractivity contribution in [2.45, 2.75) is 38.1 Å². The molecule has 80 valence electrons. The van der Waals surface area contributed by atoms with Crippen molar-refractivity contribution in [3.63, 3.8) is 0 Å². The van der Waals surface area contributed by atoms with Crippen molar-refractivity contribution in [2.24, 2.45) is 22.6 Å². The van der Waals surface area contributed by atoms with Crippen LogP contribution in [0.5, 0.6) is 0 Å². The highest BCUT2D eigenvalue weighted by Crippen LogP contribution is 2.42. The molecular weight excluding hydrogens is 174 g/mol. The van der Waals surface area contributed by atoms with E-state index in [1.807, 2.05) is 0 Å². The minimum atomic E-state index is 0.659. The number of nitrogens with two attached hydrogens (primary N) is 1. The smallest absolute Gasteiger partial charge is 0.190 e. The third-order valence-corrected chi connectivity index (χ3v) is 4.10. The summed E-state index contributed by atoms with van der Waals surface area (Å²) >= 11 is 0. The van der Waals surface area contributed by atoms with E-state index in [1.54, 1.807) is 7.05 Å². The maximum absolute atomic E-state index is 5.86. The lowest BCUT2D eigenvalue weighted by atomic mass is 9.67. The van der Waals surface area contributed by atoms with E-state index in [9.17, 15) is 0 Å². The first-order valence-electron chi connectivity index (χ1n) is 5.67. The lowest BCUT2D eigenvalue weighted by Gasteiger charge is -2.46. The zero-order valence-corrected chi connectivity index (χ0v) is 9.24. The molecule has 0 aromatic rings. The van der Waals surface area contributed by atoms with Gasteiger partial charge in [-0.3, -0.25) is 4.99 Å². The number of guanidine groups is 1. The predicted molar refractivity (Wildman–Crippen MR) is 59.2 cm³/mol. The van der Waals surface area contributed by atoms with Crippen molar-refractivity contribution < 1.29 is 0 Å². The molecule has 3 nitrogen and oxygen atoms in total. The Morgan fingerprint density at radius 3 is 2.36 bits per heavy atom.